The predicted octanol–water partition coefficient (Wildman–Crippen LogP) is 2.25. The van der Waals surface area contributed by atoms with Gasteiger partial charge in [0.1, 0.15) is 5.69 Å². The first kappa shape index (κ1) is 11.6. The van der Waals surface area contributed by atoms with Gasteiger partial charge in [-0.05, 0) is 24.7 Å². The summed E-state index contributed by atoms with van der Waals surface area (Å²) in [7, 11) is 0. The largest absolute Gasteiger partial charge is 0.364 e. The molecule has 2 rings (SSSR count). The first-order valence-electron chi connectivity index (χ1n) is 5.26. The summed E-state index contributed by atoms with van der Waals surface area (Å²) in [4.78, 5) is 14.2. The van der Waals surface area contributed by atoms with Crippen molar-refractivity contribution in [3.63, 3.8) is 0 Å². The molecule has 0 aliphatic rings. The van der Waals surface area contributed by atoms with E-state index in [9.17, 15) is 4.79 Å². The SMILES string of the molecule is CC(c1ccccc1)n1c(C(N)=O)c[nH]c1=S. The number of primary amides is 1. The highest BCUT2D eigenvalue weighted by Gasteiger charge is 2.15. The van der Waals surface area contributed by atoms with E-state index >= 15 is 0 Å². The summed E-state index contributed by atoms with van der Waals surface area (Å²) in [5.74, 6) is -0.486. The zero-order chi connectivity index (χ0) is 12.4. The molecule has 0 aliphatic heterocycles. The quantitative estimate of drug-likeness (QED) is 0.817. The lowest BCUT2D eigenvalue weighted by Gasteiger charge is -2.15. The maximum Gasteiger partial charge on any atom is 0.266 e. The molecule has 4 nitrogen and oxygen atoms in total. The second-order valence-corrected chi connectivity index (χ2v) is 4.19. The average molecular weight is 247 g/mol. The Hall–Kier alpha value is -1.88. The third kappa shape index (κ3) is 2.14. The van der Waals surface area contributed by atoms with Crippen LogP contribution in [0.3, 0.4) is 0 Å². The monoisotopic (exact) mass is 247 g/mol. The van der Waals surface area contributed by atoms with E-state index in [-0.39, 0.29) is 6.04 Å². The number of carbonyl (C=O) groups is 1. The summed E-state index contributed by atoms with van der Waals surface area (Å²) < 4.78 is 2.22. The van der Waals surface area contributed by atoms with Crippen LogP contribution in [-0.4, -0.2) is 15.5 Å². The molecule has 0 saturated heterocycles. The first-order valence-corrected chi connectivity index (χ1v) is 5.66. The number of carbonyl (C=O) groups excluding carboxylic acids is 1. The number of hydrogen-bond donors (Lipinski definition) is 2. The van der Waals surface area contributed by atoms with E-state index in [4.69, 9.17) is 18.0 Å². The highest BCUT2D eigenvalue weighted by molar-refractivity contribution is 7.71. The van der Waals surface area contributed by atoms with Crippen LogP contribution >= 0.6 is 12.2 Å². The molecule has 1 aromatic carbocycles. The lowest BCUT2D eigenvalue weighted by Crippen LogP contribution is -2.19. The van der Waals surface area contributed by atoms with Crippen LogP contribution in [0.2, 0.25) is 0 Å². The summed E-state index contributed by atoms with van der Waals surface area (Å²) in [5.41, 5.74) is 6.79. The van der Waals surface area contributed by atoms with Crippen molar-refractivity contribution in [2.75, 3.05) is 0 Å². The zero-order valence-corrected chi connectivity index (χ0v) is 10.2. The Balaban J connectivity index is 2.51. The molecule has 1 unspecified atom stereocenters. The van der Waals surface area contributed by atoms with Crippen LogP contribution in [-0.2, 0) is 0 Å². The van der Waals surface area contributed by atoms with E-state index in [1.54, 1.807) is 10.8 Å². The maximum atomic E-state index is 11.3. The van der Waals surface area contributed by atoms with Gasteiger partial charge in [-0.15, -0.1) is 0 Å². The number of benzene rings is 1. The summed E-state index contributed by atoms with van der Waals surface area (Å²) >= 11 is 5.17. The molecule has 0 saturated carbocycles. The van der Waals surface area contributed by atoms with Crippen LogP contribution in [0.15, 0.2) is 36.5 Å². The van der Waals surface area contributed by atoms with Crippen molar-refractivity contribution in [2.45, 2.75) is 13.0 Å². The minimum absolute atomic E-state index is 0.0301. The van der Waals surface area contributed by atoms with Gasteiger partial charge in [-0.25, -0.2) is 0 Å². The summed E-state index contributed by atoms with van der Waals surface area (Å²) in [6.45, 7) is 1.98. The van der Waals surface area contributed by atoms with Crippen molar-refractivity contribution >= 4 is 18.1 Å². The molecular weight excluding hydrogens is 234 g/mol. The third-order valence-electron chi connectivity index (χ3n) is 2.73. The van der Waals surface area contributed by atoms with Gasteiger partial charge in [0, 0.05) is 6.20 Å². The molecule has 0 bridgehead atoms. The molecule has 1 heterocycles. The Morgan fingerprint density at radius 2 is 2.06 bits per heavy atom. The van der Waals surface area contributed by atoms with E-state index in [2.05, 4.69) is 4.98 Å². The molecule has 88 valence electrons. The summed E-state index contributed by atoms with van der Waals surface area (Å²) in [6, 6.07) is 9.80. The number of H-pyrrole nitrogens is 1. The number of hydrogen-bond acceptors (Lipinski definition) is 2. The minimum atomic E-state index is -0.486. The smallest absolute Gasteiger partial charge is 0.266 e. The molecular formula is C12H13N3OS. The molecule has 0 spiro atoms. The Kier molecular flexibility index (Phi) is 3.10. The van der Waals surface area contributed by atoms with Gasteiger partial charge in [0.15, 0.2) is 4.77 Å². The minimum Gasteiger partial charge on any atom is -0.364 e. The molecule has 1 atom stereocenters. The van der Waals surface area contributed by atoms with Gasteiger partial charge in [0.2, 0.25) is 0 Å². The fourth-order valence-electron chi connectivity index (χ4n) is 1.83. The van der Waals surface area contributed by atoms with E-state index in [0.717, 1.165) is 5.56 Å². The molecule has 2 aromatic rings. The topological polar surface area (TPSA) is 63.8 Å². The van der Waals surface area contributed by atoms with Crippen LogP contribution in [0.1, 0.15) is 29.0 Å². The molecule has 0 aliphatic carbocycles. The van der Waals surface area contributed by atoms with Crippen LogP contribution in [0, 0.1) is 4.77 Å². The number of imidazole rings is 1. The van der Waals surface area contributed by atoms with Gasteiger partial charge in [0.05, 0.1) is 6.04 Å². The van der Waals surface area contributed by atoms with Gasteiger partial charge in [0.25, 0.3) is 5.91 Å². The molecule has 1 amide bonds. The van der Waals surface area contributed by atoms with Crippen LogP contribution in [0.4, 0.5) is 0 Å². The number of amides is 1. The standard InChI is InChI=1S/C12H13N3OS/c1-8(9-5-3-2-4-6-9)15-10(11(13)16)7-14-12(15)17/h2-8H,1H3,(H2,13,16)(H,14,17). The van der Waals surface area contributed by atoms with Crippen LogP contribution in [0.5, 0.6) is 0 Å². The molecule has 5 heteroatoms. The maximum absolute atomic E-state index is 11.3. The van der Waals surface area contributed by atoms with Crippen molar-refractivity contribution in [1.29, 1.82) is 0 Å². The van der Waals surface area contributed by atoms with Crippen molar-refractivity contribution < 1.29 is 4.79 Å². The first-order chi connectivity index (χ1) is 8.11. The second-order valence-electron chi connectivity index (χ2n) is 3.80. The Bertz CT molecular complexity index is 585. The van der Waals surface area contributed by atoms with Gasteiger partial charge < -0.3 is 15.3 Å². The summed E-state index contributed by atoms with van der Waals surface area (Å²) in [5, 5.41) is 0. The van der Waals surface area contributed by atoms with Crippen LogP contribution in [0.25, 0.3) is 0 Å². The van der Waals surface area contributed by atoms with Gasteiger partial charge in [-0.1, -0.05) is 30.3 Å². The van der Waals surface area contributed by atoms with E-state index < -0.39 is 5.91 Å². The lowest BCUT2D eigenvalue weighted by atomic mass is 10.1. The fourth-order valence-corrected chi connectivity index (χ4v) is 2.15. The molecule has 1 aromatic heterocycles. The van der Waals surface area contributed by atoms with E-state index in [1.165, 1.54) is 0 Å². The zero-order valence-electron chi connectivity index (χ0n) is 9.38. The van der Waals surface area contributed by atoms with Gasteiger partial charge in [-0.2, -0.15) is 0 Å². The van der Waals surface area contributed by atoms with Crippen LogP contribution < -0.4 is 5.73 Å². The van der Waals surface area contributed by atoms with Crippen molar-refractivity contribution in [1.82, 2.24) is 9.55 Å². The number of aromatic nitrogens is 2. The molecule has 0 fully saturated rings. The average Bonchev–Trinajstić information content (AvgIpc) is 2.71. The molecule has 0 radical (unpaired) electrons. The Morgan fingerprint density at radius 1 is 1.41 bits per heavy atom. The number of rotatable bonds is 3. The van der Waals surface area contributed by atoms with Crippen molar-refractivity contribution in [3.05, 3.63) is 52.6 Å². The third-order valence-corrected chi connectivity index (χ3v) is 3.05. The van der Waals surface area contributed by atoms with E-state index in [1.807, 2.05) is 37.3 Å². The fraction of sp³-hybridized carbons (Fsp3) is 0.167. The highest BCUT2D eigenvalue weighted by atomic mass is 32.1. The Morgan fingerprint density at radius 3 is 2.65 bits per heavy atom. The van der Waals surface area contributed by atoms with E-state index in [0.29, 0.717) is 10.5 Å². The Labute approximate surface area is 104 Å². The number of aromatic amines is 1. The van der Waals surface area contributed by atoms with Gasteiger partial charge >= 0.3 is 0 Å². The van der Waals surface area contributed by atoms with Crippen molar-refractivity contribution in [2.24, 2.45) is 5.73 Å². The molecule has 3 N–H and O–H groups in total. The molecule has 17 heavy (non-hydrogen) atoms. The van der Waals surface area contributed by atoms with Gasteiger partial charge in [-0.3, -0.25) is 4.79 Å². The van der Waals surface area contributed by atoms with Crippen molar-refractivity contribution in [3.8, 4) is 0 Å². The normalized spacial score (nSPS) is 12.3. The lowest BCUT2D eigenvalue weighted by molar-refractivity contribution is 0.0990. The number of nitrogens with one attached hydrogen (secondary N) is 1. The summed E-state index contributed by atoms with van der Waals surface area (Å²) in [6.07, 6.45) is 1.55. The number of nitrogens with zero attached hydrogens (tertiary/aromatic N) is 1. The number of nitrogens with two attached hydrogens (primary N) is 1. The highest BCUT2D eigenvalue weighted by Crippen LogP contribution is 2.19. The predicted molar refractivity (Wildman–Crippen MR) is 68.4 cm³/mol. The second kappa shape index (κ2) is 4.55.